The van der Waals surface area contributed by atoms with Crippen molar-refractivity contribution in [2.75, 3.05) is 27.3 Å². The molecule has 0 saturated heterocycles. The van der Waals surface area contributed by atoms with Crippen molar-refractivity contribution in [3.05, 3.63) is 0 Å². The first-order chi connectivity index (χ1) is 8.96. The van der Waals surface area contributed by atoms with Crippen LogP contribution in [0, 0.1) is 0 Å². The van der Waals surface area contributed by atoms with Gasteiger partial charge in [0.15, 0.2) is 12.5 Å². The summed E-state index contributed by atoms with van der Waals surface area (Å²) in [5.41, 5.74) is 0. The zero-order chi connectivity index (χ0) is 14.7. The molecule has 0 aliphatic rings. The summed E-state index contributed by atoms with van der Waals surface area (Å²) in [6, 6.07) is 0. The normalized spacial score (nSPS) is 14.7. The molecule has 0 spiro atoms. The topological polar surface area (TPSA) is 18.5 Å². The van der Waals surface area contributed by atoms with Crippen molar-refractivity contribution in [2.45, 2.75) is 78.7 Å². The van der Waals surface area contributed by atoms with E-state index in [1.807, 2.05) is 0 Å². The second-order valence-electron chi connectivity index (χ2n) is 5.98. The minimum absolute atomic E-state index is 0. The molecule has 0 bridgehead atoms. The van der Waals surface area contributed by atoms with Gasteiger partial charge in [0.05, 0.1) is 27.3 Å². The first-order valence-corrected chi connectivity index (χ1v) is 8.03. The highest BCUT2D eigenvalue weighted by atomic mass is 35.5. The lowest BCUT2D eigenvalue weighted by Gasteiger charge is -2.40. The maximum atomic E-state index is 5.95. The number of nitrogens with zero attached hydrogens (tertiary/aromatic N) is 1. The van der Waals surface area contributed by atoms with Crippen LogP contribution in [0.2, 0.25) is 0 Å². The summed E-state index contributed by atoms with van der Waals surface area (Å²) in [7, 11) is 4.38. The lowest BCUT2D eigenvalue weighted by atomic mass is 10.3. The van der Waals surface area contributed by atoms with Crippen LogP contribution in [0.25, 0.3) is 0 Å². The van der Waals surface area contributed by atoms with E-state index in [1.165, 1.54) is 25.7 Å². The molecule has 0 aliphatic heterocycles. The van der Waals surface area contributed by atoms with Gasteiger partial charge in [0.2, 0.25) is 0 Å². The molecule has 0 fully saturated rings. The molecule has 124 valence electrons. The summed E-state index contributed by atoms with van der Waals surface area (Å²) in [5.74, 6) is 0. The Hall–Kier alpha value is 0.170. The summed E-state index contributed by atoms with van der Waals surface area (Å²) >= 11 is 0. The van der Waals surface area contributed by atoms with E-state index in [2.05, 4.69) is 41.8 Å². The molecule has 20 heavy (non-hydrogen) atoms. The summed E-state index contributed by atoms with van der Waals surface area (Å²) in [6.07, 6.45) is 7.67. The molecular formula is C16H36ClNO2. The fraction of sp³-hybridized carbons (Fsp3) is 1.00. The fourth-order valence-corrected chi connectivity index (χ4v) is 1.89. The fourth-order valence-electron chi connectivity index (χ4n) is 1.89. The van der Waals surface area contributed by atoms with Crippen molar-refractivity contribution in [1.82, 2.24) is 0 Å². The molecule has 0 rings (SSSR count). The van der Waals surface area contributed by atoms with Crippen molar-refractivity contribution < 1.29 is 26.4 Å². The monoisotopic (exact) mass is 309 g/mol. The van der Waals surface area contributed by atoms with Crippen LogP contribution in [-0.2, 0) is 9.47 Å². The van der Waals surface area contributed by atoms with Crippen LogP contribution < -0.4 is 12.4 Å². The number of halogens is 1. The molecule has 2 atom stereocenters. The van der Waals surface area contributed by atoms with Gasteiger partial charge >= 0.3 is 0 Å². The molecule has 0 aliphatic carbocycles. The van der Waals surface area contributed by atoms with E-state index in [0.717, 1.165) is 30.5 Å². The van der Waals surface area contributed by atoms with Gasteiger partial charge in [0.1, 0.15) is 0 Å². The molecule has 0 aromatic rings. The van der Waals surface area contributed by atoms with Gasteiger partial charge in [-0.25, -0.2) is 0 Å². The maximum absolute atomic E-state index is 5.95. The van der Waals surface area contributed by atoms with Crippen LogP contribution in [0.15, 0.2) is 0 Å². The van der Waals surface area contributed by atoms with Crippen LogP contribution in [0.4, 0.5) is 0 Å². The van der Waals surface area contributed by atoms with E-state index in [0.29, 0.717) is 0 Å². The predicted octanol–water partition coefficient (Wildman–Crippen LogP) is 1.17. The number of rotatable bonds is 12. The van der Waals surface area contributed by atoms with E-state index >= 15 is 0 Å². The van der Waals surface area contributed by atoms with Gasteiger partial charge in [-0.1, -0.05) is 39.5 Å². The van der Waals surface area contributed by atoms with Crippen LogP contribution in [-0.4, -0.2) is 44.2 Å². The van der Waals surface area contributed by atoms with Gasteiger partial charge in [-0.05, 0) is 12.8 Å². The van der Waals surface area contributed by atoms with E-state index in [9.17, 15) is 0 Å². The van der Waals surface area contributed by atoms with Crippen LogP contribution in [0.1, 0.15) is 66.2 Å². The lowest BCUT2D eigenvalue weighted by Crippen LogP contribution is -3.00. The largest absolute Gasteiger partial charge is 1.00 e. The molecule has 0 heterocycles. The van der Waals surface area contributed by atoms with Crippen LogP contribution in [0.3, 0.4) is 0 Å². The summed E-state index contributed by atoms with van der Waals surface area (Å²) in [4.78, 5) is 0. The Kier molecular flexibility index (Phi) is 14.5. The van der Waals surface area contributed by atoms with Crippen molar-refractivity contribution in [1.29, 1.82) is 0 Å². The van der Waals surface area contributed by atoms with E-state index in [1.54, 1.807) is 0 Å². The Labute approximate surface area is 133 Å². The van der Waals surface area contributed by atoms with Crippen molar-refractivity contribution in [2.24, 2.45) is 0 Å². The maximum Gasteiger partial charge on any atom is 0.191 e. The highest BCUT2D eigenvalue weighted by Crippen LogP contribution is 2.16. The second kappa shape index (κ2) is 12.9. The molecule has 4 heteroatoms. The molecule has 0 saturated carbocycles. The highest BCUT2D eigenvalue weighted by Gasteiger charge is 2.31. The summed E-state index contributed by atoms with van der Waals surface area (Å²) in [6.45, 7) is 10.5. The molecule has 0 radical (unpaired) electrons. The number of hydrogen-bond acceptors (Lipinski definition) is 2. The Bertz CT molecular complexity index is 193. The number of unbranched alkanes of at least 4 members (excludes halogenated alkanes) is 4. The highest BCUT2D eigenvalue weighted by molar-refractivity contribution is 4.44. The molecule has 0 aromatic heterocycles. The van der Waals surface area contributed by atoms with E-state index in [4.69, 9.17) is 9.47 Å². The third kappa shape index (κ3) is 9.17. The minimum Gasteiger partial charge on any atom is -1.00 e. The molecule has 3 nitrogen and oxygen atoms in total. The zero-order valence-electron chi connectivity index (χ0n) is 14.5. The number of ether oxygens (including phenoxy) is 2. The molecule has 0 amide bonds. The van der Waals surface area contributed by atoms with Crippen molar-refractivity contribution in [3.8, 4) is 0 Å². The lowest BCUT2D eigenvalue weighted by molar-refractivity contribution is -0.975. The van der Waals surface area contributed by atoms with Crippen molar-refractivity contribution in [3.63, 3.8) is 0 Å². The van der Waals surface area contributed by atoms with Gasteiger partial charge in [0.25, 0.3) is 0 Å². The number of quaternary nitrogens is 1. The Morgan fingerprint density at radius 1 is 0.750 bits per heavy atom. The SMILES string of the molecule is CCCCCOC(C)[N+](C)(C)C(C)OCCCCC.[Cl-]. The van der Waals surface area contributed by atoms with Crippen LogP contribution >= 0.6 is 0 Å². The number of hydrogen-bond donors (Lipinski definition) is 0. The Balaban J connectivity index is 0. The van der Waals surface area contributed by atoms with E-state index < -0.39 is 0 Å². The molecule has 0 aromatic carbocycles. The predicted molar refractivity (Wildman–Crippen MR) is 82.0 cm³/mol. The first-order valence-electron chi connectivity index (χ1n) is 8.03. The van der Waals surface area contributed by atoms with Gasteiger partial charge in [0, 0.05) is 13.8 Å². The van der Waals surface area contributed by atoms with Gasteiger partial charge in [-0.2, -0.15) is 0 Å². The van der Waals surface area contributed by atoms with Gasteiger partial charge in [-0.3, -0.25) is 4.48 Å². The molecular weight excluding hydrogens is 274 g/mol. The minimum atomic E-state index is 0. The van der Waals surface area contributed by atoms with Gasteiger partial charge < -0.3 is 21.9 Å². The standard InChI is InChI=1S/C16H36NO2.ClH/c1-7-9-11-13-18-15(3)17(5,6)16(4)19-14-12-10-8-2;/h15-16H,7-14H2,1-6H3;1H/q+1;/p-1. The summed E-state index contributed by atoms with van der Waals surface area (Å²) < 4.78 is 12.7. The Morgan fingerprint density at radius 2 is 1.10 bits per heavy atom. The Morgan fingerprint density at radius 3 is 1.40 bits per heavy atom. The van der Waals surface area contributed by atoms with Gasteiger partial charge in [-0.15, -0.1) is 0 Å². The second-order valence-corrected chi connectivity index (χ2v) is 5.98. The quantitative estimate of drug-likeness (QED) is 0.306. The smallest absolute Gasteiger partial charge is 0.191 e. The summed E-state index contributed by atoms with van der Waals surface area (Å²) in [5, 5.41) is 0. The average Bonchev–Trinajstić information content (AvgIpc) is 2.39. The third-order valence-corrected chi connectivity index (χ3v) is 4.09. The zero-order valence-corrected chi connectivity index (χ0v) is 15.2. The molecule has 0 N–H and O–H groups in total. The third-order valence-electron chi connectivity index (χ3n) is 4.09. The van der Waals surface area contributed by atoms with Crippen LogP contribution in [0.5, 0.6) is 0 Å². The average molecular weight is 310 g/mol. The van der Waals surface area contributed by atoms with E-state index in [-0.39, 0.29) is 24.9 Å². The molecule has 2 unspecified atom stereocenters. The van der Waals surface area contributed by atoms with Crippen molar-refractivity contribution >= 4 is 0 Å². The first kappa shape index (κ1) is 22.5.